The lowest BCUT2D eigenvalue weighted by atomic mass is 10.1. The van der Waals surface area contributed by atoms with Crippen LogP contribution in [0.5, 0.6) is 0 Å². The Kier molecular flexibility index (Phi) is 6.11. The molecule has 37 heavy (non-hydrogen) atoms. The van der Waals surface area contributed by atoms with Gasteiger partial charge in [0.2, 0.25) is 0 Å². The van der Waals surface area contributed by atoms with Crippen molar-refractivity contribution in [1.29, 1.82) is 0 Å². The third-order valence-electron chi connectivity index (χ3n) is 6.94. The number of ether oxygens (including phenoxy) is 1. The van der Waals surface area contributed by atoms with Crippen molar-refractivity contribution < 1.29 is 19.7 Å². The predicted octanol–water partition coefficient (Wildman–Crippen LogP) is 1.52. The normalized spacial score (nSPS) is 23.5. The fraction of sp³-hybridized carbons (Fsp3) is 0.385. The van der Waals surface area contributed by atoms with E-state index in [0.29, 0.717) is 23.5 Å². The van der Waals surface area contributed by atoms with Crippen LogP contribution < -0.4 is 10.6 Å². The Morgan fingerprint density at radius 2 is 2.03 bits per heavy atom. The molecule has 1 aliphatic carbocycles. The number of hydrogen-bond acceptors (Lipinski definition) is 8. The Morgan fingerprint density at radius 3 is 2.84 bits per heavy atom. The van der Waals surface area contributed by atoms with Crippen LogP contribution in [0, 0.1) is 0 Å². The summed E-state index contributed by atoms with van der Waals surface area (Å²) in [5, 5.41) is 28.5. The summed E-state index contributed by atoms with van der Waals surface area (Å²) in [6.45, 7) is 5.21. The highest BCUT2D eigenvalue weighted by Gasteiger charge is 2.48. The van der Waals surface area contributed by atoms with Gasteiger partial charge in [0.05, 0.1) is 6.33 Å². The number of aromatic nitrogens is 5. The SMILES string of the molecule is C=CCn1cc(CCNc2ncnc3c2ncn3[C@@H]2O[C@H](C(=O)NC3CC3)[C@@H](O)[C@H]2O)c2ccccc21. The second kappa shape index (κ2) is 9.58. The molecule has 2 aliphatic rings. The van der Waals surface area contributed by atoms with Crippen molar-refractivity contribution >= 4 is 33.8 Å². The zero-order valence-corrected chi connectivity index (χ0v) is 20.2. The highest BCUT2D eigenvalue weighted by molar-refractivity contribution is 5.85. The molecule has 2 fully saturated rings. The summed E-state index contributed by atoms with van der Waals surface area (Å²) in [6.07, 6.45) is 4.68. The molecular weight excluding hydrogens is 474 g/mol. The summed E-state index contributed by atoms with van der Waals surface area (Å²) < 4.78 is 9.51. The fourth-order valence-corrected chi connectivity index (χ4v) is 4.91. The molecule has 3 aromatic heterocycles. The van der Waals surface area contributed by atoms with Crippen molar-refractivity contribution in [1.82, 2.24) is 29.4 Å². The minimum absolute atomic E-state index is 0.119. The van der Waals surface area contributed by atoms with Crippen LogP contribution in [0.2, 0.25) is 0 Å². The van der Waals surface area contributed by atoms with E-state index in [0.717, 1.165) is 25.8 Å². The molecule has 1 saturated heterocycles. The van der Waals surface area contributed by atoms with Crippen molar-refractivity contribution in [2.45, 2.75) is 56.4 Å². The molecule has 4 N–H and O–H groups in total. The average Bonchev–Trinajstić information content (AvgIpc) is 3.39. The summed E-state index contributed by atoms with van der Waals surface area (Å²) in [4.78, 5) is 25.6. The van der Waals surface area contributed by atoms with Crippen molar-refractivity contribution in [2.75, 3.05) is 11.9 Å². The number of fused-ring (bicyclic) bond motifs is 2. The first-order chi connectivity index (χ1) is 18.0. The van der Waals surface area contributed by atoms with E-state index in [9.17, 15) is 15.0 Å². The first kappa shape index (κ1) is 23.6. The number of aliphatic hydroxyl groups is 2. The lowest BCUT2D eigenvalue weighted by Crippen LogP contribution is -2.43. The summed E-state index contributed by atoms with van der Waals surface area (Å²) in [5.74, 6) is 0.127. The number of carbonyl (C=O) groups excluding carboxylic acids is 1. The number of anilines is 1. The summed E-state index contributed by atoms with van der Waals surface area (Å²) in [7, 11) is 0. The lowest BCUT2D eigenvalue weighted by molar-refractivity contribution is -0.137. The number of allylic oxidation sites excluding steroid dienone is 1. The van der Waals surface area contributed by atoms with Crippen molar-refractivity contribution in [3.63, 3.8) is 0 Å². The molecule has 1 saturated carbocycles. The third kappa shape index (κ3) is 4.35. The van der Waals surface area contributed by atoms with Crippen molar-refractivity contribution in [3.05, 3.63) is 61.3 Å². The molecule has 0 bridgehead atoms. The second-order valence-electron chi connectivity index (χ2n) is 9.55. The van der Waals surface area contributed by atoms with Gasteiger partial charge in [0.15, 0.2) is 29.3 Å². The molecule has 11 nitrogen and oxygen atoms in total. The first-order valence-corrected chi connectivity index (χ1v) is 12.5. The number of nitrogens with one attached hydrogen (secondary N) is 2. The largest absolute Gasteiger partial charge is 0.387 e. The van der Waals surface area contributed by atoms with E-state index < -0.39 is 30.4 Å². The van der Waals surface area contributed by atoms with Crippen molar-refractivity contribution in [3.8, 4) is 0 Å². The van der Waals surface area contributed by atoms with Crippen LogP contribution in [0.4, 0.5) is 5.82 Å². The summed E-state index contributed by atoms with van der Waals surface area (Å²) in [5.41, 5.74) is 3.32. The van der Waals surface area contributed by atoms with Gasteiger partial charge < -0.3 is 30.2 Å². The zero-order valence-electron chi connectivity index (χ0n) is 20.2. The number of aliphatic hydroxyl groups excluding tert-OH is 2. The van der Waals surface area contributed by atoms with Gasteiger partial charge in [-0.2, -0.15) is 0 Å². The second-order valence-corrected chi connectivity index (χ2v) is 9.55. The maximum absolute atomic E-state index is 12.5. The smallest absolute Gasteiger partial charge is 0.252 e. The topological polar surface area (TPSA) is 139 Å². The minimum atomic E-state index is -1.36. The van der Waals surface area contributed by atoms with Crippen LogP contribution in [0.15, 0.2) is 55.8 Å². The number of carbonyl (C=O) groups is 1. The first-order valence-electron chi connectivity index (χ1n) is 12.5. The van der Waals surface area contributed by atoms with E-state index in [1.54, 1.807) is 0 Å². The molecule has 11 heteroatoms. The molecule has 6 rings (SSSR count). The predicted molar refractivity (Wildman–Crippen MR) is 137 cm³/mol. The Bertz CT molecular complexity index is 1460. The maximum Gasteiger partial charge on any atom is 0.252 e. The van der Waals surface area contributed by atoms with Crippen LogP contribution in [0.1, 0.15) is 24.6 Å². The molecular formula is C26H29N7O4. The molecule has 0 radical (unpaired) electrons. The van der Waals surface area contributed by atoms with E-state index in [1.807, 2.05) is 18.2 Å². The van der Waals surface area contributed by atoms with E-state index in [1.165, 1.54) is 33.7 Å². The van der Waals surface area contributed by atoms with Crippen LogP contribution in [0.25, 0.3) is 22.1 Å². The highest BCUT2D eigenvalue weighted by Crippen LogP contribution is 2.33. The number of hydrogen-bond donors (Lipinski definition) is 4. The van der Waals surface area contributed by atoms with E-state index in [2.05, 4.69) is 55.1 Å². The van der Waals surface area contributed by atoms with Gasteiger partial charge in [-0.05, 0) is 30.9 Å². The van der Waals surface area contributed by atoms with Crippen LogP contribution in [0.3, 0.4) is 0 Å². The van der Waals surface area contributed by atoms with Gasteiger partial charge >= 0.3 is 0 Å². The fourth-order valence-electron chi connectivity index (χ4n) is 4.91. The quantitative estimate of drug-likeness (QED) is 0.252. The standard InChI is InChI=1S/C26H29N7O4/c1-2-11-32-12-15(17-5-3-4-6-18(17)32)9-10-27-23-19-24(29-13-28-23)33(14-30-19)26-21(35)20(34)22(37-26)25(36)31-16-7-8-16/h2-6,12-14,16,20-22,26,34-35H,1,7-11H2,(H,31,36)(H,27,28,29)/t20-,21+,22-,26+/m0/s1. The number of nitrogens with zero attached hydrogens (tertiary/aromatic N) is 5. The maximum atomic E-state index is 12.5. The van der Waals surface area contributed by atoms with Gasteiger partial charge in [-0.15, -0.1) is 6.58 Å². The number of benzene rings is 1. The van der Waals surface area contributed by atoms with Gasteiger partial charge in [0.1, 0.15) is 18.5 Å². The molecule has 4 atom stereocenters. The molecule has 4 aromatic rings. The van der Waals surface area contributed by atoms with E-state index in [4.69, 9.17) is 4.74 Å². The molecule has 0 unspecified atom stereocenters. The third-order valence-corrected chi connectivity index (χ3v) is 6.94. The number of amides is 1. The monoisotopic (exact) mass is 503 g/mol. The van der Waals surface area contributed by atoms with Gasteiger partial charge in [0.25, 0.3) is 5.91 Å². The van der Waals surface area contributed by atoms with Gasteiger partial charge in [-0.3, -0.25) is 9.36 Å². The van der Waals surface area contributed by atoms with Crippen LogP contribution >= 0.6 is 0 Å². The Morgan fingerprint density at radius 1 is 1.19 bits per heavy atom. The minimum Gasteiger partial charge on any atom is -0.387 e. The van der Waals surface area contributed by atoms with Crippen molar-refractivity contribution in [2.24, 2.45) is 0 Å². The number of imidazole rings is 1. The Balaban J connectivity index is 1.19. The molecule has 1 aromatic carbocycles. The van der Waals surface area contributed by atoms with Gasteiger partial charge in [-0.1, -0.05) is 24.3 Å². The summed E-state index contributed by atoms with van der Waals surface area (Å²) >= 11 is 0. The van der Waals surface area contributed by atoms with E-state index >= 15 is 0 Å². The van der Waals surface area contributed by atoms with Gasteiger partial charge in [-0.25, -0.2) is 15.0 Å². The van der Waals surface area contributed by atoms with Crippen LogP contribution in [-0.4, -0.2) is 71.1 Å². The van der Waals surface area contributed by atoms with Gasteiger partial charge in [0, 0.05) is 36.2 Å². The van der Waals surface area contributed by atoms with Crippen LogP contribution in [-0.2, 0) is 22.5 Å². The molecule has 1 aliphatic heterocycles. The zero-order chi connectivity index (χ0) is 25.5. The average molecular weight is 504 g/mol. The molecule has 0 spiro atoms. The Hall–Kier alpha value is -3.80. The number of para-hydroxylation sites is 1. The highest BCUT2D eigenvalue weighted by atomic mass is 16.6. The number of rotatable bonds is 9. The van der Waals surface area contributed by atoms with E-state index in [-0.39, 0.29) is 6.04 Å². The Labute approximate surface area is 212 Å². The molecule has 4 heterocycles. The molecule has 192 valence electrons. The lowest BCUT2D eigenvalue weighted by Gasteiger charge is -2.16. The molecule has 1 amide bonds. The summed E-state index contributed by atoms with van der Waals surface area (Å²) in [6, 6.07) is 8.41.